The van der Waals surface area contributed by atoms with Crippen LogP contribution in [0, 0.1) is 6.92 Å². The minimum absolute atomic E-state index is 0.395. The summed E-state index contributed by atoms with van der Waals surface area (Å²) in [4.78, 5) is 16.8. The molecule has 2 heterocycles. The summed E-state index contributed by atoms with van der Waals surface area (Å²) in [5.74, 6) is 0. The van der Waals surface area contributed by atoms with Crippen LogP contribution in [0.1, 0.15) is 5.56 Å². The quantitative estimate of drug-likeness (QED) is 0.477. The second kappa shape index (κ2) is 6.35. The van der Waals surface area contributed by atoms with E-state index in [0.29, 0.717) is 21.9 Å². The molecule has 0 fully saturated rings. The molecular formula is C19H13ClN2O2S. The number of nitrogens with zero attached hydrogens (tertiary/aromatic N) is 1. The monoisotopic (exact) mass is 368 g/mol. The molecule has 1 N–H and O–H groups in total. The lowest BCUT2D eigenvalue weighted by Crippen LogP contribution is -2.03. The summed E-state index contributed by atoms with van der Waals surface area (Å²) in [7, 11) is 0. The number of benzene rings is 2. The van der Waals surface area contributed by atoms with Crippen LogP contribution in [-0.2, 0) is 0 Å². The number of rotatable bonds is 3. The Kier molecular flexibility index (Phi) is 4.03. The number of nitrogens with one attached hydrogen (secondary N) is 1. The fourth-order valence-electron chi connectivity index (χ4n) is 2.57. The van der Waals surface area contributed by atoms with Crippen LogP contribution in [0.25, 0.3) is 22.2 Å². The number of halogens is 1. The largest absolute Gasteiger partial charge is 0.421 e. The number of thiazole rings is 1. The van der Waals surface area contributed by atoms with Gasteiger partial charge in [-0.05, 0) is 30.7 Å². The van der Waals surface area contributed by atoms with Crippen molar-refractivity contribution in [3.8, 4) is 11.3 Å². The molecule has 25 heavy (non-hydrogen) atoms. The zero-order valence-corrected chi connectivity index (χ0v) is 14.8. The number of aromatic nitrogens is 1. The van der Waals surface area contributed by atoms with Gasteiger partial charge in [-0.3, -0.25) is 0 Å². The zero-order valence-electron chi connectivity index (χ0n) is 13.2. The molecule has 0 bridgehead atoms. The summed E-state index contributed by atoms with van der Waals surface area (Å²) in [5, 5.41) is 7.02. The van der Waals surface area contributed by atoms with Crippen molar-refractivity contribution >= 4 is 44.7 Å². The van der Waals surface area contributed by atoms with Gasteiger partial charge in [0.05, 0.1) is 16.3 Å². The Morgan fingerprint density at radius 2 is 2.00 bits per heavy atom. The summed E-state index contributed by atoms with van der Waals surface area (Å²) in [6.07, 6.45) is 0. The highest BCUT2D eigenvalue weighted by Crippen LogP contribution is 2.29. The van der Waals surface area contributed by atoms with Crippen molar-refractivity contribution in [3.63, 3.8) is 0 Å². The summed E-state index contributed by atoms with van der Waals surface area (Å²) >= 11 is 7.52. The lowest BCUT2D eigenvalue weighted by Gasteiger charge is -2.05. The van der Waals surface area contributed by atoms with Crippen molar-refractivity contribution in [2.75, 3.05) is 5.32 Å². The first kappa shape index (κ1) is 15.9. The van der Waals surface area contributed by atoms with Gasteiger partial charge < -0.3 is 9.73 Å². The molecule has 2 aromatic carbocycles. The molecule has 124 valence electrons. The van der Waals surface area contributed by atoms with E-state index in [9.17, 15) is 4.79 Å². The minimum atomic E-state index is -0.451. The molecule has 4 aromatic rings. The zero-order chi connectivity index (χ0) is 17.4. The number of para-hydroxylation sites is 2. The molecule has 0 atom stereocenters. The average molecular weight is 369 g/mol. The first-order valence-corrected chi connectivity index (χ1v) is 8.88. The second-order valence-electron chi connectivity index (χ2n) is 5.58. The van der Waals surface area contributed by atoms with Crippen LogP contribution in [0.3, 0.4) is 0 Å². The van der Waals surface area contributed by atoms with Crippen LogP contribution in [-0.4, -0.2) is 4.98 Å². The molecule has 0 spiro atoms. The standard InChI is InChI=1S/C19H13ClN2O2S/c1-11-5-2-3-8-15(11)21-19-22-16(10-25-19)13-9-12-6-4-7-14(20)17(12)24-18(13)23/h2-10H,1H3,(H,21,22). The van der Waals surface area contributed by atoms with E-state index in [-0.39, 0.29) is 0 Å². The molecule has 0 saturated heterocycles. The molecule has 6 heteroatoms. The van der Waals surface area contributed by atoms with Gasteiger partial charge >= 0.3 is 5.63 Å². The number of fused-ring (bicyclic) bond motifs is 1. The van der Waals surface area contributed by atoms with Crippen LogP contribution in [0.4, 0.5) is 10.8 Å². The smallest absolute Gasteiger partial charge is 0.345 e. The molecule has 2 aromatic heterocycles. The fraction of sp³-hybridized carbons (Fsp3) is 0.0526. The summed E-state index contributed by atoms with van der Waals surface area (Å²) in [6, 6.07) is 15.1. The Morgan fingerprint density at radius 1 is 1.16 bits per heavy atom. The van der Waals surface area contributed by atoms with Crippen molar-refractivity contribution in [1.29, 1.82) is 0 Å². The number of aryl methyl sites for hydroxylation is 1. The predicted octanol–water partition coefficient (Wildman–Crippen LogP) is 5.62. The second-order valence-corrected chi connectivity index (χ2v) is 6.85. The molecular weight excluding hydrogens is 356 g/mol. The van der Waals surface area contributed by atoms with Gasteiger partial charge in [-0.25, -0.2) is 9.78 Å². The predicted molar refractivity (Wildman–Crippen MR) is 103 cm³/mol. The van der Waals surface area contributed by atoms with E-state index in [0.717, 1.165) is 21.8 Å². The van der Waals surface area contributed by atoms with Gasteiger partial charge in [-0.1, -0.05) is 41.9 Å². The van der Waals surface area contributed by atoms with Gasteiger partial charge in [-0.2, -0.15) is 0 Å². The first-order chi connectivity index (χ1) is 12.1. The van der Waals surface area contributed by atoms with E-state index >= 15 is 0 Å². The van der Waals surface area contributed by atoms with Gasteiger partial charge in [0, 0.05) is 16.5 Å². The molecule has 0 radical (unpaired) electrons. The van der Waals surface area contributed by atoms with Crippen LogP contribution in [0.2, 0.25) is 5.02 Å². The topological polar surface area (TPSA) is 55.1 Å². The Morgan fingerprint density at radius 3 is 2.84 bits per heavy atom. The Balaban J connectivity index is 1.73. The van der Waals surface area contributed by atoms with Crippen molar-refractivity contribution in [2.24, 2.45) is 0 Å². The van der Waals surface area contributed by atoms with Crippen LogP contribution >= 0.6 is 22.9 Å². The highest BCUT2D eigenvalue weighted by Gasteiger charge is 2.13. The van der Waals surface area contributed by atoms with E-state index in [2.05, 4.69) is 10.3 Å². The van der Waals surface area contributed by atoms with Crippen molar-refractivity contribution in [2.45, 2.75) is 6.92 Å². The van der Waals surface area contributed by atoms with Crippen LogP contribution < -0.4 is 10.9 Å². The van der Waals surface area contributed by atoms with E-state index in [1.165, 1.54) is 11.3 Å². The van der Waals surface area contributed by atoms with Crippen molar-refractivity contribution in [1.82, 2.24) is 4.98 Å². The van der Waals surface area contributed by atoms with E-state index in [1.807, 2.05) is 48.7 Å². The number of hydrogen-bond donors (Lipinski definition) is 1. The number of hydrogen-bond acceptors (Lipinski definition) is 5. The minimum Gasteiger partial charge on any atom is -0.421 e. The maximum absolute atomic E-state index is 12.3. The molecule has 0 amide bonds. The summed E-state index contributed by atoms with van der Waals surface area (Å²) in [5.41, 5.74) is 3.06. The van der Waals surface area contributed by atoms with Gasteiger partial charge in [0.15, 0.2) is 10.7 Å². The maximum atomic E-state index is 12.3. The van der Waals surface area contributed by atoms with E-state index in [4.69, 9.17) is 16.0 Å². The molecule has 0 aliphatic carbocycles. The molecule has 0 aliphatic heterocycles. The molecule has 0 aliphatic rings. The Bertz CT molecular complexity index is 1130. The van der Waals surface area contributed by atoms with Crippen LogP contribution in [0.15, 0.2) is 63.1 Å². The lowest BCUT2D eigenvalue weighted by atomic mass is 10.1. The molecule has 4 nitrogen and oxygen atoms in total. The van der Waals surface area contributed by atoms with E-state index < -0.39 is 5.63 Å². The third-order valence-corrected chi connectivity index (χ3v) is 4.93. The van der Waals surface area contributed by atoms with Crippen LogP contribution in [0.5, 0.6) is 0 Å². The first-order valence-electron chi connectivity index (χ1n) is 7.63. The highest BCUT2D eigenvalue weighted by molar-refractivity contribution is 7.14. The van der Waals surface area contributed by atoms with Gasteiger partial charge in [0.2, 0.25) is 0 Å². The SMILES string of the molecule is Cc1ccccc1Nc1nc(-c2cc3cccc(Cl)c3oc2=O)cs1. The summed E-state index contributed by atoms with van der Waals surface area (Å²) in [6.45, 7) is 2.03. The summed E-state index contributed by atoms with van der Waals surface area (Å²) < 4.78 is 5.38. The van der Waals surface area contributed by atoms with Crippen molar-refractivity contribution in [3.05, 3.63) is 74.9 Å². The normalized spacial score (nSPS) is 11.0. The third kappa shape index (κ3) is 3.04. The number of anilines is 2. The Labute approximate surface area is 152 Å². The lowest BCUT2D eigenvalue weighted by molar-refractivity contribution is 0.563. The third-order valence-electron chi connectivity index (χ3n) is 3.88. The van der Waals surface area contributed by atoms with Gasteiger partial charge in [0.1, 0.15) is 0 Å². The molecule has 0 saturated carbocycles. The fourth-order valence-corrected chi connectivity index (χ4v) is 3.51. The average Bonchev–Trinajstić information content (AvgIpc) is 3.06. The maximum Gasteiger partial charge on any atom is 0.345 e. The van der Waals surface area contributed by atoms with Gasteiger partial charge in [0.25, 0.3) is 0 Å². The molecule has 4 rings (SSSR count). The Hall–Kier alpha value is -2.63. The van der Waals surface area contributed by atoms with Crippen molar-refractivity contribution < 1.29 is 4.42 Å². The molecule has 0 unspecified atom stereocenters. The van der Waals surface area contributed by atoms with Gasteiger partial charge in [-0.15, -0.1) is 11.3 Å². The van der Waals surface area contributed by atoms with E-state index in [1.54, 1.807) is 12.1 Å². The highest BCUT2D eigenvalue weighted by atomic mass is 35.5.